The van der Waals surface area contributed by atoms with E-state index >= 15 is 0 Å². The van der Waals surface area contributed by atoms with E-state index in [1.54, 1.807) is 25.3 Å². The lowest BCUT2D eigenvalue weighted by Crippen LogP contribution is -2.47. The minimum Gasteiger partial charge on any atom is -0.495 e. The molecule has 0 saturated carbocycles. The molecule has 1 aromatic heterocycles. The summed E-state index contributed by atoms with van der Waals surface area (Å²) in [6.07, 6.45) is 1.90. The van der Waals surface area contributed by atoms with Crippen molar-refractivity contribution in [2.24, 2.45) is 0 Å². The van der Waals surface area contributed by atoms with Gasteiger partial charge < -0.3 is 10.1 Å². The Morgan fingerprint density at radius 3 is 2.73 bits per heavy atom. The SMILES string of the molecule is COc1ccc(Cl)cc1NC(=O)[C@@H](C)[n+]1cccc(C)c1C. The highest BCUT2D eigenvalue weighted by atomic mass is 35.5. The monoisotopic (exact) mass is 319 g/mol. The maximum Gasteiger partial charge on any atom is 0.293 e. The van der Waals surface area contributed by atoms with E-state index < -0.39 is 0 Å². The van der Waals surface area contributed by atoms with E-state index in [2.05, 4.69) is 5.32 Å². The molecule has 0 saturated heterocycles. The zero-order chi connectivity index (χ0) is 16.3. The van der Waals surface area contributed by atoms with Gasteiger partial charge in [0.25, 0.3) is 5.91 Å². The van der Waals surface area contributed by atoms with Crippen LogP contribution < -0.4 is 14.6 Å². The van der Waals surface area contributed by atoms with Crippen LogP contribution in [0.5, 0.6) is 5.75 Å². The second kappa shape index (κ2) is 6.79. The zero-order valence-corrected chi connectivity index (χ0v) is 13.9. The number of ether oxygens (including phenoxy) is 1. The molecular formula is C17H20ClN2O2+. The van der Waals surface area contributed by atoms with Crippen LogP contribution in [0.15, 0.2) is 36.5 Å². The molecule has 0 spiro atoms. The van der Waals surface area contributed by atoms with Crippen molar-refractivity contribution in [1.29, 1.82) is 0 Å². The van der Waals surface area contributed by atoms with Gasteiger partial charge in [-0.25, -0.2) is 0 Å². The van der Waals surface area contributed by atoms with Crippen molar-refractivity contribution in [3.8, 4) is 5.75 Å². The summed E-state index contributed by atoms with van der Waals surface area (Å²) >= 11 is 5.99. The number of methoxy groups -OCH3 is 1. The molecule has 5 heteroatoms. The Kier molecular flexibility index (Phi) is 5.03. The summed E-state index contributed by atoms with van der Waals surface area (Å²) in [6, 6.07) is 8.75. The summed E-state index contributed by atoms with van der Waals surface area (Å²) < 4.78 is 7.20. The predicted octanol–water partition coefficient (Wildman–Crippen LogP) is 3.45. The fourth-order valence-electron chi connectivity index (χ4n) is 2.28. The molecule has 0 aliphatic heterocycles. The summed E-state index contributed by atoms with van der Waals surface area (Å²) in [5.41, 5.74) is 2.77. The summed E-state index contributed by atoms with van der Waals surface area (Å²) in [5.74, 6) is 0.454. The molecule has 1 amide bonds. The Labute approximate surface area is 135 Å². The van der Waals surface area contributed by atoms with Gasteiger partial charge in [-0.3, -0.25) is 4.79 Å². The van der Waals surface area contributed by atoms with E-state index in [0.29, 0.717) is 16.5 Å². The lowest BCUT2D eigenvalue weighted by molar-refractivity contribution is -0.711. The summed E-state index contributed by atoms with van der Waals surface area (Å²) in [7, 11) is 1.56. The van der Waals surface area contributed by atoms with Gasteiger partial charge in [0.15, 0.2) is 11.9 Å². The van der Waals surface area contributed by atoms with Crippen LogP contribution in [0.25, 0.3) is 0 Å². The Morgan fingerprint density at radius 1 is 1.32 bits per heavy atom. The third-order valence-electron chi connectivity index (χ3n) is 3.77. The minimum atomic E-state index is -0.344. The summed E-state index contributed by atoms with van der Waals surface area (Å²) in [5, 5.41) is 3.42. The topological polar surface area (TPSA) is 42.2 Å². The number of halogens is 1. The standard InChI is InChI=1S/C17H19ClN2O2/c1-11-6-5-9-20(12(11)2)13(3)17(21)19-15-10-14(18)7-8-16(15)22-4/h5-10,13H,1-4H3/p+1/t13-/m1/s1. The van der Waals surface area contributed by atoms with Crippen LogP contribution in [0.3, 0.4) is 0 Å². The molecule has 1 N–H and O–H groups in total. The first-order chi connectivity index (χ1) is 10.4. The Balaban J connectivity index is 2.25. The molecule has 2 rings (SSSR count). The van der Waals surface area contributed by atoms with Crippen LogP contribution in [0.2, 0.25) is 5.02 Å². The molecular weight excluding hydrogens is 300 g/mol. The molecule has 1 heterocycles. The molecule has 0 radical (unpaired) electrons. The second-order valence-corrected chi connectivity index (χ2v) is 5.63. The second-order valence-electron chi connectivity index (χ2n) is 5.19. The fourth-order valence-corrected chi connectivity index (χ4v) is 2.45. The van der Waals surface area contributed by atoms with Crippen molar-refractivity contribution in [1.82, 2.24) is 0 Å². The number of nitrogens with one attached hydrogen (secondary N) is 1. The van der Waals surface area contributed by atoms with Crippen molar-refractivity contribution in [2.75, 3.05) is 12.4 Å². The van der Waals surface area contributed by atoms with E-state index in [1.807, 2.05) is 43.7 Å². The number of amides is 1. The number of rotatable bonds is 4. The van der Waals surface area contributed by atoms with Gasteiger partial charge in [0.1, 0.15) is 5.75 Å². The van der Waals surface area contributed by atoms with Gasteiger partial charge in [0.2, 0.25) is 6.04 Å². The number of carbonyl (C=O) groups excluding carboxylic acids is 1. The number of benzene rings is 1. The molecule has 2 aromatic rings. The highest BCUT2D eigenvalue weighted by Crippen LogP contribution is 2.28. The van der Waals surface area contributed by atoms with Gasteiger partial charge in [0, 0.05) is 30.5 Å². The van der Waals surface area contributed by atoms with Crippen molar-refractivity contribution >= 4 is 23.2 Å². The summed E-state index contributed by atoms with van der Waals surface area (Å²) in [6.45, 7) is 5.88. The van der Waals surface area contributed by atoms with E-state index in [-0.39, 0.29) is 11.9 Å². The van der Waals surface area contributed by atoms with Gasteiger partial charge in [-0.05, 0) is 31.2 Å². The molecule has 1 aromatic carbocycles. The first-order valence-corrected chi connectivity index (χ1v) is 7.43. The maximum atomic E-state index is 12.5. The number of hydrogen-bond donors (Lipinski definition) is 1. The van der Waals surface area contributed by atoms with Gasteiger partial charge in [-0.15, -0.1) is 0 Å². The fraction of sp³-hybridized carbons (Fsp3) is 0.294. The average Bonchev–Trinajstić information content (AvgIpc) is 2.49. The first-order valence-electron chi connectivity index (χ1n) is 7.05. The predicted molar refractivity (Wildman–Crippen MR) is 87.5 cm³/mol. The molecule has 116 valence electrons. The van der Waals surface area contributed by atoms with Crippen molar-refractivity contribution in [2.45, 2.75) is 26.8 Å². The molecule has 0 fully saturated rings. The smallest absolute Gasteiger partial charge is 0.293 e. The van der Waals surface area contributed by atoms with Gasteiger partial charge in [-0.1, -0.05) is 11.6 Å². The largest absolute Gasteiger partial charge is 0.495 e. The van der Waals surface area contributed by atoms with E-state index in [9.17, 15) is 4.79 Å². The number of nitrogens with zero attached hydrogens (tertiary/aromatic N) is 1. The van der Waals surface area contributed by atoms with Crippen LogP contribution >= 0.6 is 11.6 Å². The van der Waals surface area contributed by atoms with Crippen LogP contribution in [0.1, 0.15) is 24.2 Å². The van der Waals surface area contributed by atoms with Gasteiger partial charge in [0.05, 0.1) is 12.8 Å². The number of carbonyl (C=O) groups is 1. The lowest BCUT2D eigenvalue weighted by atomic mass is 10.2. The molecule has 0 aliphatic carbocycles. The van der Waals surface area contributed by atoms with Crippen LogP contribution in [-0.2, 0) is 4.79 Å². The van der Waals surface area contributed by atoms with Crippen molar-refractivity contribution in [3.05, 3.63) is 52.8 Å². The van der Waals surface area contributed by atoms with Gasteiger partial charge in [-0.2, -0.15) is 4.57 Å². The van der Waals surface area contributed by atoms with E-state index in [0.717, 1.165) is 11.3 Å². The number of aromatic nitrogens is 1. The molecule has 0 bridgehead atoms. The number of anilines is 1. The third kappa shape index (κ3) is 3.39. The minimum absolute atomic E-state index is 0.126. The first kappa shape index (κ1) is 16.3. The number of pyridine rings is 1. The van der Waals surface area contributed by atoms with E-state index in [4.69, 9.17) is 16.3 Å². The Hall–Kier alpha value is -2.07. The number of hydrogen-bond acceptors (Lipinski definition) is 2. The number of aryl methyl sites for hydroxylation is 1. The Morgan fingerprint density at radius 2 is 2.05 bits per heavy atom. The van der Waals surface area contributed by atoms with E-state index in [1.165, 1.54) is 0 Å². The quantitative estimate of drug-likeness (QED) is 0.877. The normalized spacial score (nSPS) is 11.9. The lowest BCUT2D eigenvalue weighted by Gasteiger charge is -2.13. The molecule has 0 aliphatic rings. The zero-order valence-electron chi connectivity index (χ0n) is 13.2. The van der Waals surface area contributed by atoms with Crippen molar-refractivity contribution < 1.29 is 14.1 Å². The third-order valence-corrected chi connectivity index (χ3v) is 4.00. The highest BCUT2D eigenvalue weighted by Gasteiger charge is 2.25. The molecule has 4 nitrogen and oxygen atoms in total. The molecule has 1 atom stereocenters. The Bertz CT molecular complexity index is 701. The van der Waals surface area contributed by atoms with Gasteiger partial charge >= 0.3 is 0 Å². The van der Waals surface area contributed by atoms with Crippen LogP contribution in [-0.4, -0.2) is 13.0 Å². The van der Waals surface area contributed by atoms with Crippen LogP contribution in [0, 0.1) is 13.8 Å². The summed E-state index contributed by atoms with van der Waals surface area (Å²) in [4.78, 5) is 12.5. The maximum absolute atomic E-state index is 12.5. The van der Waals surface area contributed by atoms with Crippen LogP contribution in [0.4, 0.5) is 5.69 Å². The molecule has 22 heavy (non-hydrogen) atoms. The molecule has 0 unspecified atom stereocenters. The average molecular weight is 320 g/mol. The highest BCUT2D eigenvalue weighted by molar-refractivity contribution is 6.31. The van der Waals surface area contributed by atoms with Crippen molar-refractivity contribution in [3.63, 3.8) is 0 Å².